The minimum absolute atomic E-state index is 0.0509. The molecule has 0 bridgehead atoms. The number of nitrogens with zero attached hydrogens (tertiary/aromatic N) is 2. The van der Waals surface area contributed by atoms with Crippen LogP contribution in [0.25, 0.3) is 0 Å². The maximum absolute atomic E-state index is 13.2. The van der Waals surface area contributed by atoms with Crippen LogP contribution in [0.5, 0.6) is 0 Å². The molecule has 8 heteroatoms. The lowest BCUT2D eigenvalue weighted by Gasteiger charge is -2.36. The second kappa shape index (κ2) is 8.35. The van der Waals surface area contributed by atoms with Crippen LogP contribution >= 0.6 is 11.6 Å². The van der Waals surface area contributed by atoms with Crippen molar-refractivity contribution in [2.75, 3.05) is 44.2 Å². The van der Waals surface area contributed by atoms with Crippen molar-refractivity contribution in [3.63, 3.8) is 0 Å². The molecular formula is C18H21ClFN3O2S. The average molecular weight is 398 g/mol. The molecule has 1 aliphatic rings. The molecule has 0 aromatic heterocycles. The first-order valence-electron chi connectivity index (χ1n) is 8.42. The van der Waals surface area contributed by atoms with Gasteiger partial charge in [-0.2, -0.15) is 0 Å². The summed E-state index contributed by atoms with van der Waals surface area (Å²) in [5.41, 5.74) is 1.14. The Bertz CT molecular complexity index is 838. The van der Waals surface area contributed by atoms with Crippen molar-refractivity contribution in [3.8, 4) is 0 Å². The fraction of sp³-hybridized carbons (Fsp3) is 0.333. The van der Waals surface area contributed by atoms with Gasteiger partial charge in [-0.3, -0.25) is 4.90 Å². The molecule has 1 fully saturated rings. The van der Waals surface area contributed by atoms with E-state index in [0.717, 1.165) is 43.0 Å². The van der Waals surface area contributed by atoms with Gasteiger partial charge in [0.15, 0.2) is 0 Å². The molecule has 0 saturated carbocycles. The van der Waals surface area contributed by atoms with Crippen LogP contribution in [0.2, 0.25) is 5.02 Å². The standard InChI is InChI=1S/C18H21ClFN3O2S/c19-15-4-6-17(7-5-15)23-12-10-22(11-13-23)9-8-21-26(24,25)18-3-1-2-16(20)14-18/h1-7,14,21H,8-13H2. The second-order valence-corrected chi connectivity index (χ2v) is 8.36. The van der Waals surface area contributed by atoms with Crippen LogP contribution in [0.3, 0.4) is 0 Å². The summed E-state index contributed by atoms with van der Waals surface area (Å²) in [4.78, 5) is 4.44. The summed E-state index contributed by atoms with van der Waals surface area (Å²) in [7, 11) is -3.68. The maximum atomic E-state index is 13.2. The van der Waals surface area contributed by atoms with Gasteiger partial charge in [0.25, 0.3) is 0 Å². The number of hydrogen-bond donors (Lipinski definition) is 1. The predicted molar refractivity (Wildman–Crippen MR) is 102 cm³/mol. The zero-order chi connectivity index (χ0) is 18.6. The Morgan fingerprint density at radius 3 is 2.38 bits per heavy atom. The molecule has 0 radical (unpaired) electrons. The van der Waals surface area contributed by atoms with Gasteiger partial charge in [0.2, 0.25) is 10.0 Å². The van der Waals surface area contributed by atoms with E-state index < -0.39 is 15.8 Å². The van der Waals surface area contributed by atoms with Gasteiger partial charge in [-0.05, 0) is 42.5 Å². The smallest absolute Gasteiger partial charge is 0.240 e. The number of nitrogens with one attached hydrogen (secondary N) is 1. The van der Waals surface area contributed by atoms with E-state index in [0.29, 0.717) is 13.1 Å². The van der Waals surface area contributed by atoms with E-state index in [4.69, 9.17) is 11.6 Å². The fourth-order valence-corrected chi connectivity index (χ4v) is 4.12. The number of rotatable bonds is 6. The molecule has 0 atom stereocenters. The summed E-state index contributed by atoms with van der Waals surface area (Å²) in [6.45, 7) is 4.36. The highest BCUT2D eigenvalue weighted by molar-refractivity contribution is 7.89. The highest BCUT2D eigenvalue weighted by atomic mass is 35.5. The van der Waals surface area contributed by atoms with Crippen LogP contribution in [0.1, 0.15) is 0 Å². The number of anilines is 1. The van der Waals surface area contributed by atoms with Crippen molar-refractivity contribution in [2.45, 2.75) is 4.90 Å². The molecule has 1 heterocycles. The number of piperazine rings is 1. The Labute approximate surface area is 158 Å². The Morgan fingerprint density at radius 1 is 1.04 bits per heavy atom. The van der Waals surface area contributed by atoms with E-state index in [1.807, 2.05) is 24.3 Å². The molecule has 0 spiro atoms. The number of sulfonamides is 1. The SMILES string of the molecule is O=S(=O)(NCCN1CCN(c2ccc(Cl)cc2)CC1)c1cccc(F)c1. The predicted octanol–water partition coefficient (Wildman–Crippen LogP) is 2.58. The number of benzene rings is 2. The van der Waals surface area contributed by atoms with Gasteiger partial charge in [0.1, 0.15) is 5.82 Å². The van der Waals surface area contributed by atoms with Crippen molar-refractivity contribution in [3.05, 3.63) is 59.4 Å². The van der Waals surface area contributed by atoms with Gasteiger partial charge >= 0.3 is 0 Å². The highest BCUT2D eigenvalue weighted by Crippen LogP contribution is 2.19. The van der Waals surface area contributed by atoms with Gasteiger partial charge in [-0.1, -0.05) is 17.7 Å². The maximum Gasteiger partial charge on any atom is 0.240 e. The van der Waals surface area contributed by atoms with Crippen LogP contribution < -0.4 is 9.62 Å². The van der Waals surface area contributed by atoms with E-state index in [-0.39, 0.29) is 4.90 Å². The molecule has 0 amide bonds. The van der Waals surface area contributed by atoms with Gasteiger partial charge in [0.05, 0.1) is 4.90 Å². The molecule has 2 aromatic carbocycles. The fourth-order valence-electron chi connectivity index (χ4n) is 2.94. The summed E-state index contributed by atoms with van der Waals surface area (Å²) < 4.78 is 40.1. The van der Waals surface area contributed by atoms with Crippen LogP contribution in [0.15, 0.2) is 53.4 Å². The van der Waals surface area contributed by atoms with E-state index >= 15 is 0 Å². The Balaban J connectivity index is 1.46. The molecule has 26 heavy (non-hydrogen) atoms. The normalized spacial score (nSPS) is 16.0. The molecule has 140 valence electrons. The van der Waals surface area contributed by atoms with Gasteiger partial charge in [-0.25, -0.2) is 17.5 Å². The van der Waals surface area contributed by atoms with Crippen molar-refractivity contribution >= 4 is 27.3 Å². The van der Waals surface area contributed by atoms with E-state index in [1.165, 1.54) is 18.2 Å². The van der Waals surface area contributed by atoms with Gasteiger partial charge < -0.3 is 4.90 Å². The first-order chi connectivity index (χ1) is 12.4. The highest BCUT2D eigenvalue weighted by Gasteiger charge is 2.18. The molecule has 0 aliphatic carbocycles. The molecule has 5 nitrogen and oxygen atoms in total. The number of halogens is 2. The third-order valence-electron chi connectivity index (χ3n) is 4.39. The summed E-state index contributed by atoms with van der Waals surface area (Å²) in [5.74, 6) is -0.564. The second-order valence-electron chi connectivity index (χ2n) is 6.16. The van der Waals surface area contributed by atoms with Crippen LogP contribution in [-0.2, 0) is 10.0 Å². The Morgan fingerprint density at radius 2 is 1.73 bits per heavy atom. The summed E-state index contributed by atoms with van der Waals surface area (Å²) in [5, 5.41) is 0.720. The third-order valence-corrected chi connectivity index (χ3v) is 6.10. The molecule has 2 aromatic rings. The molecule has 3 rings (SSSR count). The molecule has 1 aliphatic heterocycles. The van der Waals surface area contributed by atoms with Crippen LogP contribution in [-0.4, -0.2) is 52.6 Å². The molecule has 0 unspecified atom stereocenters. The largest absolute Gasteiger partial charge is 0.369 e. The average Bonchev–Trinajstić information content (AvgIpc) is 2.63. The lowest BCUT2D eigenvalue weighted by molar-refractivity contribution is 0.262. The van der Waals surface area contributed by atoms with Crippen molar-refractivity contribution in [1.29, 1.82) is 0 Å². The minimum atomic E-state index is -3.68. The summed E-state index contributed by atoms with van der Waals surface area (Å²) >= 11 is 5.92. The Kier molecular flexibility index (Phi) is 6.13. The lowest BCUT2D eigenvalue weighted by Crippen LogP contribution is -2.48. The topological polar surface area (TPSA) is 52.7 Å². The summed E-state index contributed by atoms with van der Waals surface area (Å²) in [6, 6.07) is 12.8. The zero-order valence-electron chi connectivity index (χ0n) is 14.2. The minimum Gasteiger partial charge on any atom is -0.369 e. The van der Waals surface area contributed by atoms with E-state index in [1.54, 1.807) is 0 Å². The first-order valence-corrected chi connectivity index (χ1v) is 10.3. The van der Waals surface area contributed by atoms with Gasteiger partial charge in [-0.15, -0.1) is 0 Å². The number of hydrogen-bond acceptors (Lipinski definition) is 4. The van der Waals surface area contributed by atoms with Crippen molar-refractivity contribution in [2.24, 2.45) is 0 Å². The Hall–Kier alpha value is -1.67. The third kappa shape index (κ3) is 4.94. The zero-order valence-corrected chi connectivity index (χ0v) is 15.8. The van der Waals surface area contributed by atoms with Crippen LogP contribution in [0, 0.1) is 5.82 Å². The van der Waals surface area contributed by atoms with Gasteiger partial charge in [0, 0.05) is 50.0 Å². The quantitative estimate of drug-likeness (QED) is 0.814. The lowest BCUT2D eigenvalue weighted by atomic mass is 10.2. The van der Waals surface area contributed by atoms with E-state index in [2.05, 4.69) is 14.5 Å². The van der Waals surface area contributed by atoms with Crippen LogP contribution in [0.4, 0.5) is 10.1 Å². The molecular weight excluding hydrogens is 377 g/mol. The van der Waals surface area contributed by atoms with E-state index in [9.17, 15) is 12.8 Å². The van der Waals surface area contributed by atoms with Crippen molar-refractivity contribution < 1.29 is 12.8 Å². The van der Waals surface area contributed by atoms with Crippen molar-refractivity contribution in [1.82, 2.24) is 9.62 Å². The monoisotopic (exact) mass is 397 g/mol. The molecule has 1 N–H and O–H groups in total. The first kappa shape index (κ1) is 19.1. The molecule has 1 saturated heterocycles. The summed E-state index contributed by atoms with van der Waals surface area (Å²) in [6.07, 6.45) is 0.